The van der Waals surface area contributed by atoms with Crippen molar-refractivity contribution in [3.63, 3.8) is 0 Å². The van der Waals surface area contributed by atoms with Crippen molar-refractivity contribution in [2.45, 2.75) is 0 Å². The minimum Gasteiger partial charge on any atom is -0.455 e. The highest BCUT2D eigenvalue weighted by Crippen LogP contribution is 2.44. The molecule has 0 saturated carbocycles. The van der Waals surface area contributed by atoms with Crippen molar-refractivity contribution in [2.75, 3.05) is 0 Å². The largest absolute Gasteiger partial charge is 0.455 e. The number of benzene rings is 3. The maximum absolute atomic E-state index is 6.41. The highest BCUT2D eigenvalue weighted by atomic mass is 16.3. The second-order valence-electron chi connectivity index (χ2n) is 7.47. The van der Waals surface area contributed by atoms with Crippen LogP contribution in [0.25, 0.3) is 60.5 Å². The molecule has 0 aliphatic rings. The molecule has 0 atom stereocenters. The van der Waals surface area contributed by atoms with E-state index in [-0.39, 0.29) is 0 Å². The Morgan fingerprint density at radius 2 is 1.40 bits per heavy atom. The monoisotopic (exact) mass is 385 g/mol. The van der Waals surface area contributed by atoms with Crippen LogP contribution in [0, 0.1) is 0 Å². The Kier molecular flexibility index (Phi) is 2.97. The van der Waals surface area contributed by atoms with Crippen LogP contribution in [0.15, 0.2) is 95.7 Å². The molecule has 4 heteroatoms. The van der Waals surface area contributed by atoms with E-state index in [1.165, 1.54) is 0 Å². The van der Waals surface area contributed by atoms with Gasteiger partial charge in [-0.2, -0.15) is 0 Å². The summed E-state index contributed by atoms with van der Waals surface area (Å²) in [6.07, 6.45) is 3.69. The van der Waals surface area contributed by atoms with E-state index in [4.69, 9.17) is 9.40 Å². The molecule has 0 N–H and O–H groups in total. The lowest BCUT2D eigenvalue weighted by molar-refractivity contribution is 0.673. The van der Waals surface area contributed by atoms with Crippen LogP contribution in [-0.2, 0) is 0 Å². The number of rotatable bonds is 1. The third kappa shape index (κ3) is 1.90. The summed E-state index contributed by atoms with van der Waals surface area (Å²) in [4.78, 5) is 9.48. The Morgan fingerprint density at radius 1 is 0.633 bits per heavy atom. The molecule has 30 heavy (non-hydrogen) atoms. The van der Waals surface area contributed by atoms with E-state index in [2.05, 4.69) is 52.0 Å². The average Bonchev–Trinajstić information content (AvgIpc) is 3.36. The molecule has 0 unspecified atom stereocenters. The third-order valence-electron chi connectivity index (χ3n) is 5.88. The number of hydrogen-bond acceptors (Lipinski definition) is 3. The van der Waals surface area contributed by atoms with E-state index in [1.54, 1.807) is 0 Å². The van der Waals surface area contributed by atoms with Gasteiger partial charge in [0.05, 0.1) is 21.9 Å². The number of hydrogen-bond donors (Lipinski definition) is 0. The van der Waals surface area contributed by atoms with Gasteiger partial charge in [0.1, 0.15) is 17.0 Å². The highest BCUT2D eigenvalue weighted by Gasteiger charge is 2.23. The second-order valence-corrected chi connectivity index (χ2v) is 7.47. The van der Waals surface area contributed by atoms with Crippen LogP contribution in [0.1, 0.15) is 0 Å². The molecule has 0 bridgehead atoms. The van der Waals surface area contributed by atoms with Crippen molar-refractivity contribution in [3.8, 4) is 5.82 Å². The number of nitrogens with zero attached hydrogens (tertiary/aromatic N) is 3. The third-order valence-corrected chi connectivity index (χ3v) is 5.88. The van der Waals surface area contributed by atoms with Gasteiger partial charge in [-0.05, 0) is 35.7 Å². The minimum atomic E-state index is 0.868. The number of furan rings is 1. The van der Waals surface area contributed by atoms with Crippen molar-refractivity contribution in [3.05, 3.63) is 91.3 Å². The normalized spacial score (nSPS) is 12.0. The molecular weight excluding hydrogens is 370 g/mol. The molecule has 140 valence electrons. The van der Waals surface area contributed by atoms with Crippen LogP contribution in [0.2, 0.25) is 0 Å². The molecule has 0 amide bonds. The predicted octanol–water partition coefficient (Wildman–Crippen LogP) is 6.63. The molecule has 0 fully saturated rings. The zero-order valence-corrected chi connectivity index (χ0v) is 15.9. The van der Waals surface area contributed by atoms with Crippen molar-refractivity contribution >= 4 is 54.6 Å². The summed E-state index contributed by atoms with van der Waals surface area (Å²) >= 11 is 0. The van der Waals surface area contributed by atoms with E-state index >= 15 is 0 Å². The van der Waals surface area contributed by atoms with Crippen LogP contribution >= 0.6 is 0 Å². The summed E-state index contributed by atoms with van der Waals surface area (Å²) in [7, 11) is 0. The van der Waals surface area contributed by atoms with E-state index in [0.717, 1.165) is 60.5 Å². The van der Waals surface area contributed by atoms with Gasteiger partial charge >= 0.3 is 0 Å². The fourth-order valence-corrected chi connectivity index (χ4v) is 4.70. The summed E-state index contributed by atoms with van der Waals surface area (Å²) in [5.41, 5.74) is 4.88. The number of para-hydroxylation sites is 1. The Bertz CT molecular complexity index is 1740. The Hall–Kier alpha value is -4.18. The van der Waals surface area contributed by atoms with E-state index in [1.807, 2.05) is 48.8 Å². The summed E-state index contributed by atoms with van der Waals surface area (Å²) in [6.45, 7) is 0. The van der Waals surface area contributed by atoms with Crippen molar-refractivity contribution in [1.82, 2.24) is 14.5 Å². The lowest BCUT2D eigenvalue weighted by Gasteiger charge is -2.08. The first-order chi connectivity index (χ1) is 14.9. The highest BCUT2D eigenvalue weighted by molar-refractivity contribution is 6.34. The van der Waals surface area contributed by atoms with Crippen LogP contribution in [0.5, 0.6) is 0 Å². The summed E-state index contributed by atoms with van der Waals surface area (Å²) in [5.74, 6) is 0.868. The van der Waals surface area contributed by atoms with Gasteiger partial charge in [-0.15, -0.1) is 0 Å². The van der Waals surface area contributed by atoms with Gasteiger partial charge in [0.25, 0.3) is 0 Å². The lowest BCUT2D eigenvalue weighted by atomic mass is 10.0. The molecule has 0 spiro atoms. The quantitative estimate of drug-likeness (QED) is 0.319. The van der Waals surface area contributed by atoms with Crippen molar-refractivity contribution in [2.24, 2.45) is 0 Å². The first kappa shape index (κ1) is 15.7. The van der Waals surface area contributed by atoms with Crippen molar-refractivity contribution in [1.29, 1.82) is 0 Å². The molecule has 3 aromatic carbocycles. The van der Waals surface area contributed by atoms with E-state index in [0.29, 0.717) is 0 Å². The molecule has 0 radical (unpaired) electrons. The zero-order chi connectivity index (χ0) is 19.7. The smallest absolute Gasteiger partial charge is 0.145 e. The van der Waals surface area contributed by atoms with Gasteiger partial charge in [0, 0.05) is 28.6 Å². The van der Waals surface area contributed by atoms with Gasteiger partial charge in [0.15, 0.2) is 0 Å². The first-order valence-electron chi connectivity index (χ1n) is 9.94. The molecular formula is C26H15N3O. The Morgan fingerprint density at radius 3 is 2.27 bits per heavy atom. The zero-order valence-electron chi connectivity index (χ0n) is 15.9. The summed E-state index contributed by atoms with van der Waals surface area (Å²) < 4.78 is 8.62. The topological polar surface area (TPSA) is 43.9 Å². The van der Waals surface area contributed by atoms with E-state index < -0.39 is 0 Å². The molecule has 0 aliphatic heterocycles. The first-order valence-corrected chi connectivity index (χ1v) is 9.94. The maximum Gasteiger partial charge on any atom is 0.145 e. The van der Waals surface area contributed by atoms with Gasteiger partial charge < -0.3 is 4.42 Å². The van der Waals surface area contributed by atoms with Gasteiger partial charge in [-0.3, -0.25) is 9.55 Å². The standard InChI is InChI=1S/C26H15N3O/c1-2-9-17-16(8-1)22-24-19(11-7-15-28-24)29(21-13-5-6-14-27-21)25(22)23-18-10-3-4-12-20(18)30-26(17)23/h1-15H. The fourth-order valence-electron chi connectivity index (χ4n) is 4.70. The number of aromatic nitrogens is 3. The molecule has 4 heterocycles. The number of fused-ring (bicyclic) bond motifs is 10. The van der Waals surface area contributed by atoms with Crippen molar-refractivity contribution < 1.29 is 4.42 Å². The Balaban J connectivity index is 1.91. The van der Waals surface area contributed by atoms with Crippen LogP contribution in [0.3, 0.4) is 0 Å². The van der Waals surface area contributed by atoms with Crippen LogP contribution in [0.4, 0.5) is 0 Å². The molecule has 0 saturated heterocycles. The molecule has 4 aromatic heterocycles. The van der Waals surface area contributed by atoms with Gasteiger partial charge in [-0.1, -0.05) is 48.5 Å². The van der Waals surface area contributed by atoms with Crippen LogP contribution < -0.4 is 0 Å². The molecule has 0 aliphatic carbocycles. The fraction of sp³-hybridized carbons (Fsp3) is 0. The molecule has 4 nitrogen and oxygen atoms in total. The number of pyridine rings is 2. The SMILES string of the molecule is c1ccc(-n2c3cccnc3c3c4ccccc4c4oc5ccccc5c4c32)nc1. The lowest BCUT2D eigenvalue weighted by Crippen LogP contribution is -1.96. The molecule has 7 rings (SSSR count). The summed E-state index contributed by atoms with van der Waals surface area (Å²) in [6, 6.07) is 26.7. The molecule has 7 aromatic rings. The van der Waals surface area contributed by atoms with Crippen LogP contribution in [-0.4, -0.2) is 14.5 Å². The Labute approximate surface area is 171 Å². The second kappa shape index (κ2) is 5.67. The average molecular weight is 385 g/mol. The van der Waals surface area contributed by atoms with E-state index in [9.17, 15) is 0 Å². The van der Waals surface area contributed by atoms with Gasteiger partial charge in [0.2, 0.25) is 0 Å². The predicted molar refractivity (Wildman–Crippen MR) is 121 cm³/mol. The minimum absolute atomic E-state index is 0.868. The summed E-state index contributed by atoms with van der Waals surface area (Å²) in [5, 5.41) is 5.57. The maximum atomic E-state index is 6.41. The van der Waals surface area contributed by atoms with Gasteiger partial charge in [-0.25, -0.2) is 4.98 Å².